The van der Waals surface area contributed by atoms with Crippen LogP contribution < -0.4 is 10.6 Å². The lowest BCUT2D eigenvalue weighted by molar-refractivity contribution is -0.137. The Bertz CT molecular complexity index is 1210. The van der Waals surface area contributed by atoms with E-state index in [1.54, 1.807) is 29.6 Å². The number of aliphatic hydroxyl groups is 1. The molecule has 3 heterocycles. The fraction of sp³-hybridized carbons (Fsp3) is 0.483. The first kappa shape index (κ1) is 32.7. The van der Waals surface area contributed by atoms with Gasteiger partial charge in [0.05, 0.1) is 24.4 Å². The van der Waals surface area contributed by atoms with Crippen molar-refractivity contribution in [2.45, 2.75) is 63.8 Å². The van der Waals surface area contributed by atoms with Crippen LogP contribution in [0.25, 0.3) is 11.7 Å². The SMILES string of the molecule is CCNC1CCC(O)CC1.O=C(NCC(=O)N1CCCC1)c1cccc(C(F)(F)F)c1.c1cnc(-c2ncco2)nc1. The van der Waals surface area contributed by atoms with Crippen LogP contribution >= 0.6 is 0 Å². The molecule has 0 spiro atoms. The predicted octanol–water partition coefficient (Wildman–Crippen LogP) is 4.09. The van der Waals surface area contributed by atoms with E-state index < -0.39 is 17.6 Å². The van der Waals surface area contributed by atoms with E-state index in [1.807, 2.05) is 0 Å². The summed E-state index contributed by atoms with van der Waals surface area (Å²) in [4.78, 5) is 37.0. The summed E-state index contributed by atoms with van der Waals surface area (Å²) >= 11 is 0. The van der Waals surface area contributed by atoms with E-state index in [4.69, 9.17) is 9.52 Å². The minimum absolute atomic E-state index is 0.0186. The molecule has 3 N–H and O–H groups in total. The van der Waals surface area contributed by atoms with Gasteiger partial charge in [-0.2, -0.15) is 13.2 Å². The molecule has 0 bridgehead atoms. The Kier molecular flexibility index (Phi) is 12.9. The van der Waals surface area contributed by atoms with E-state index in [-0.39, 0.29) is 24.1 Å². The summed E-state index contributed by atoms with van der Waals surface area (Å²) in [5, 5.41) is 14.9. The molecule has 13 heteroatoms. The Hall–Kier alpha value is -3.84. The van der Waals surface area contributed by atoms with Gasteiger partial charge in [-0.05, 0) is 69.3 Å². The van der Waals surface area contributed by atoms with Gasteiger partial charge in [-0.25, -0.2) is 15.0 Å². The molecule has 0 radical (unpaired) electrons. The topological polar surface area (TPSA) is 133 Å². The Labute approximate surface area is 242 Å². The number of rotatable bonds is 6. The number of nitrogens with zero attached hydrogens (tertiary/aromatic N) is 4. The summed E-state index contributed by atoms with van der Waals surface area (Å²) in [5.41, 5.74) is -1.000. The van der Waals surface area contributed by atoms with Crippen molar-refractivity contribution in [1.82, 2.24) is 30.5 Å². The average Bonchev–Trinajstić information content (AvgIpc) is 3.74. The number of aliphatic hydroxyl groups excluding tert-OH is 1. The van der Waals surface area contributed by atoms with E-state index in [2.05, 4.69) is 32.5 Å². The molecule has 42 heavy (non-hydrogen) atoms. The molecule has 228 valence electrons. The number of nitrogens with one attached hydrogen (secondary N) is 2. The van der Waals surface area contributed by atoms with Gasteiger partial charge in [-0.15, -0.1) is 0 Å². The van der Waals surface area contributed by atoms with Gasteiger partial charge in [-0.3, -0.25) is 9.59 Å². The normalized spacial score (nSPS) is 18.3. The summed E-state index contributed by atoms with van der Waals surface area (Å²) in [5.74, 6) is 0.0598. The largest absolute Gasteiger partial charge is 0.442 e. The predicted molar refractivity (Wildman–Crippen MR) is 149 cm³/mol. The quantitative estimate of drug-likeness (QED) is 0.391. The first-order chi connectivity index (χ1) is 20.2. The maximum atomic E-state index is 12.6. The van der Waals surface area contributed by atoms with Crippen LogP contribution in [-0.2, 0) is 11.0 Å². The van der Waals surface area contributed by atoms with E-state index in [1.165, 1.54) is 18.4 Å². The number of carbonyl (C=O) groups excluding carboxylic acids is 2. The molecule has 2 aliphatic rings. The van der Waals surface area contributed by atoms with Gasteiger partial charge in [0.1, 0.15) is 6.26 Å². The van der Waals surface area contributed by atoms with Crippen molar-refractivity contribution in [3.63, 3.8) is 0 Å². The van der Waals surface area contributed by atoms with Gasteiger partial charge in [-0.1, -0.05) is 13.0 Å². The Morgan fingerprint density at radius 3 is 2.31 bits per heavy atom. The highest BCUT2D eigenvalue weighted by Gasteiger charge is 2.31. The molecule has 2 fully saturated rings. The summed E-state index contributed by atoms with van der Waals surface area (Å²) in [6, 6.07) is 6.53. The molecule has 0 unspecified atom stereocenters. The highest BCUT2D eigenvalue weighted by molar-refractivity contribution is 5.96. The zero-order valence-corrected chi connectivity index (χ0v) is 23.5. The molecule has 2 aromatic heterocycles. The van der Waals surface area contributed by atoms with Crippen LogP contribution in [0.3, 0.4) is 0 Å². The van der Waals surface area contributed by atoms with E-state index in [0.717, 1.165) is 57.2 Å². The van der Waals surface area contributed by atoms with Crippen LogP contribution in [0.1, 0.15) is 61.4 Å². The first-order valence-corrected chi connectivity index (χ1v) is 14.0. The number of hydrogen-bond acceptors (Lipinski definition) is 8. The van der Waals surface area contributed by atoms with Crippen LogP contribution in [0.5, 0.6) is 0 Å². The number of alkyl halides is 3. The lowest BCUT2D eigenvalue weighted by Crippen LogP contribution is -2.38. The van der Waals surface area contributed by atoms with Gasteiger partial charge >= 0.3 is 6.18 Å². The van der Waals surface area contributed by atoms with Crippen molar-refractivity contribution in [2.75, 3.05) is 26.2 Å². The molecule has 1 aliphatic heterocycles. The number of halogens is 3. The monoisotopic (exact) mass is 590 g/mol. The third-order valence-corrected chi connectivity index (χ3v) is 6.69. The molecule has 1 aromatic carbocycles. The number of benzene rings is 1. The lowest BCUT2D eigenvalue weighted by Gasteiger charge is -2.25. The molecule has 5 rings (SSSR count). The minimum atomic E-state index is -4.50. The Morgan fingerprint density at radius 2 is 1.71 bits per heavy atom. The first-order valence-electron chi connectivity index (χ1n) is 14.0. The van der Waals surface area contributed by atoms with Crippen molar-refractivity contribution in [1.29, 1.82) is 0 Å². The standard InChI is InChI=1S/C14H15F3N2O2.C8H17NO.C7H5N3O/c15-14(16,17)11-5-3-4-10(8-11)13(21)18-9-12(20)19-6-1-2-7-19;1-2-9-7-3-5-8(10)6-4-7;1-2-8-6(9-3-1)7-10-4-5-11-7/h3-5,8H,1-2,6-7,9H2,(H,18,21);7-10H,2-6H2,1H3;1-5H. The number of amides is 2. The fourth-order valence-electron chi connectivity index (χ4n) is 4.49. The number of aromatic nitrogens is 3. The Morgan fingerprint density at radius 1 is 1.02 bits per heavy atom. The van der Waals surface area contributed by atoms with E-state index >= 15 is 0 Å². The van der Waals surface area contributed by atoms with Gasteiger partial charge < -0.3 is 25.1 Å². The molecule has 10 nitrogen and oxygen atoms in total. The van der Waals surface area contributed by atoms with Crippen molar-refractivity contribution < 1.29 is 32.3 Å². The van der Waals surface area contributed by atoms with E-state index in [9.17, 15) is 22.8 Å². The van der Waals surface area contributed by atoms with E-state index in [0.29, 0.717) is 30.8 Å². The van der Waals surface area contributed by atoms with Gasteiger partial charge in [0.25, 0.3) is 11.8 Å². The second-order valence-corrected chi connectivity index (χ2v) is 9.82. The number of hydrogen-bond donors (Lipinski definition) is 3. The van der Waals surface area contributed by atoms with Crippen LogP contribution in [-0.4, -0.2) is 75.1 Å². The van der Waals surface area contributed by atoms with Gasteiger partial charge in [0.2, 0.25) is 11.7 Å². The third-order valence-electron chi connectivity index (χ3n) is 6.69. The smallest absolute Gasteiger partial charge is 0.416 e. The van der Waals surface area contributed by atoms with Crippen LogP contribution in [0, 0.1) is 0 Å². The van der Waals surface area contributed by atoms with Crippen molar-refractivity contribution >= 4 is 11.8 Å². The molecule has 1 saturated heterocycles. The molecule has 2 amide bonds. The highest BCUT2D eigenvalue weighted by Crippen LogP contribution is 2.29. The summed E-state index contributed by atoms with van der Waals surface area (Å²) in [6.45, 7) is 4.32. The van der Waals surface area contributed by atoms with Crippen LogP contribution in [0.15, 0.2) is 59.6 Å². The number of oxazole rings is 1. The van der Waals surface area contributed by atoms with Crippen molar-refractivity contribution in [3.8, 4) is 11.7 Å². The second kappa shape index (κ2) is 16.6. The number of likely N-dealkylation sites (tertiary alicyclic amines) is 1. The van der Waals surface area contributed by atoms with Crippen molar-refractivity contribution in [3.05, 3.63) is 66.3 Å². The zero-order valence-electron chi connectivity index (χ0n) is 23.5. The lowest BCUT2D eigenvalue weighted by atomic mass is 9.93. The fourth-order valence-corrected chi connectivity index (χ4v) is 4.49. The maximum Gasteiger partial charge on any atom is 0.416 e. The molecule has 1 aliphatic carbocycles. The summed E-state index contributed by atoms with van der Waals surface area (Å²) in [6.07, 6.45) is 7.97. The van der Waals surface area contributed by atoms with Crippen LogP contribution in [0.4, 0.5) is 13.2 Å². The summed E-state index contributed by atoms with van der Waals surface area (Å²) in [7, 11) is 0. The molecular weight excluding hydrogens is 553 g/mol. The molecular formula is C29H37F3N6O4. The summed E-state index contributed by atoms with van der Waals surface area (Å²) < 4.78 is 42.7. The molecule has 3 aromatic rings. The van der Waals surface area contributed by atoms with Crippen molar-refractivity contribution in [2.24, 2.45) is 0 Å². The highest BCUT2D eigenvalue weighted by atomic mass is 19.4. The average molecular weight is 591 g/mol. The number of carbonyl (C=O) groups is 2. The zero-order chi connectivity index (χ0) is 30.4. The van der Waals surface area contributed by atoms with Gasteiger partial charge in [0, 0.05) is 37.1 Å². The maximum absolute atomic E-state index is 12.6. The second-order valence-electron chi connectivity index (χ2n) is 9.82. The van der Waals surface area contributed by atoms with Gasteiger partial charge in [0.15, 0.2) is 0 Å². The minimum Gasteiger partial charge on any atom is -0.442 e. The molecule has 1 saturated carbocycles. The van der Waals surface area contributed by atoms with Crippen LogP contribution in [0.2, 0.25) is 0 Å². The molecule has 0 atom stereocenters. The Balaban J connectivity index is 0.000000192. The third kappa shape index (κ3) is 10.9.